The summed E-state index contributed by atoms with van der Waals surface area (Å²) in [6.45, 7) is 3.54. The lowest BCUT2D eigenvalue weighted by Gasteiger charge is -2.40. The van der Waals surface area contributed by atoms with Gasteiger partial charge in [0.15, 0.2) is 6.29 Å². The second-order valence-corrected chi connectivity index (χ2v) is 15.3. The number of nitrogens with one attached hydrogen (secondary N) is 1. The molecule has 10 heteroatoms. The van der Waals surface area contributed by atoms with Crippen LogP contribution in [0.2, 0.25) is 0 Å². The molecule has 1 amide bonds. The number of amides is 1. The van der Waals surface area contributed by atoms with E-state index in [0.29, 0.717) is 19.3 Å². The van der Waals surface area contributed by atoms with Crippen molar-refractivity contribution < 1.29 is 44.9 Å². The number of carbonyl (C=O) groups is 1. The number of carbonyl (C=O) groups excluding carboxylic acids is 1. The van der Waals surface area contributed by atoms with Gasteiger partial charge in [0.1, 0.15) is 30.5 Å². The average Bonchev–Trinajstić information content (AvgIpc) is 3.17. The number of aliphatic hydroxyl groups is 6. The Hall–Kier alpha value is -1.63. The predicted molar refractivity (Wildman–Crippen MR) is 218 cm³/mol. The molecule has 8 atom stereocenters. The van der Waals surface area contributed by atoms with Gasteiger partial charge in [-0.15, -0.1) is 0 Å². The van der Waals surface area contributed by atoms with E-state index in [0.717, 1.165) is 44.9 Å². The standard InChI is InChI=1S/C44H81NO9/c1-3-5-7-9-11-13-15-17-18-19-21-23-25-27-29-31-33-38(48)43(52)45-36(35-53-44-42(51)41(50)40(49)39(34-46)54-44)37(47)32-30-28-26-24-22-20-16-14-12-10-8-6-4-2/h12,14,22,24,30,32,36-42,44,46-51H,3-11,13,15-21,23,25-29,31,33-35H2,1-2H3,(H,45,52)/b14-12+,24-22+,32-30+. The van der Waals surface area contributed by atoms with Crippen LogP contribution >= 0.6 is 0 Å². The molecule has 316 valence electrons. The summed E-state index contributed by atoms with van der Waals surface area (Å²) in [7, 11) is 0. The van der Waals surface area contributed by atoms with Crippen LogP contribution in [0.5, 0.6) is 0 Å². The summed E-state index contributed by atoms with van der Waals surface area (Å²) < 4.78 is 11.1. The Morgan fingerprint density at radius 3 is 1.61 bits per heavy atom. The molecule has 10 nitrogen and oxygen atoms in total. The summed E-state index contributed by atoms with van der Waals surface area (Å²) in [5, 5.41) is 64.5. The lowest BCUT2D eigenvalue weighted by atomic mass is 9.99. The van der Waals surface area contributed by atoms with Crippen molar-refractivity contribution in [2.75, 3.05) is 13.2 Å². The molecule has 0 aliphatic carbocycles. The Labute approximate surface area is 328 Å². The van der Waals surface area contributed by atoms with Gasteiger partial charge in [-0.25, -0.2) is 0 Å². The maximum Gasteiger partial charge on any atom is 0.249 e. The van der Waals surface area contributed by atoms with Crippen LogP contribution in [-0.2, 0) is 14.3 Å². The Balaban J connectivity index is 2.47. The van der Waals surface area contributed by atoms with Gasteiger partial charge in [-0.2, -0.15) is 0 Å². The van der Waals surface area contributed by atoms with Crippen LogP contribution in [0.1, 0.15) is 174 Å². The molecule has 54 heavy (non-hydrogen) atoms. The molecule has 0 spiro atoms. The third-order valence-electron chi connectivity index (χ3n) is 10.3. The number of aliphatic hydroxyl groups excluding tert-OH is 6. The zero-order valence-electron chi connectivity index (χ0n) is 34.1. The van der Waals surface area contributed by atoms with E-state index in [1.807, 2.05) is 6.08 Å². The second kappa shape index (κ2) is 34.6. The van der Waals surface area contributed by atoms with Gasteiger partial charge in [0.25, 0.3) is 0 Å². The zero-order chi connectivity index (χ0) is 39.7. The van der Waals surface area contributed by atoms with Crippen LogP contribution in [0.3, 0.4) is 0 Å². The van der Waals surface area contributed by atoms with Crippen molar-refractivity contribution in [3.05, 3.63) is 36.5 Å². The molecule has 1 fully saturated rings. The highest BCUT2D eigenvalue weighted by molar-refractivity contribution is 5.80. The fraction of sp³-hybridized carbons (Fsp3) is 0.841. The molecule has 1 saturated heterocycles. The first-order chi connectivity index (χ1) is 26.3. The van der Waals surface area contributed by atoms with Crippen LogP contribution in [-0.4, -0.2) is 98.7 Å². The molecule has 0 saturated carbocycles. The summed E-state index contributed by atoms with van der Waals surface area (Å²) in [5.41, 5.74) is 0. The number of hydrogen-bond acceptors (Lipinski definition) is 9. The summed E-state index contributed by atoms with van der Waals surface area (Å²) in [6, 6.07) is -0.999. The minimum atomic E-state index is -1.62. The topological polar surface area (TPSA) is 169 Å². The molecule has 0 radical (unpaired) electrons. The van der Waals surface area contributed by atoms with Crippen molar-refractivity contribution in [2.45, 2.75) is 223 Å². The van der Waals surface area contributed by atoms with E-state index in [4.69, 9.17) is 9.47 Å². The molecule has 1 aliphatic rings. The van der Waals surface area contributed by atoms with E-state index >= 15 is 0 Å². The molecular weight excluding hydrogens is 686 g/mol. The van der Waals surface area contributed by atoms with Crippen LogP contribution in [0, 0.1) is 0 Å². The minimum absolute atomic E-state index is 0.303. The van der Waals surface area contributed by atoms with Crippen LogP contribution in [0.4, 0.5) is 0 Å². The second-order valence-electron chi connectivity index (χ2n) is 15.3. The predicted octanol–water partition coefficient (Wildman–Crippen LogP) is 7.47. The summed E-state index contributed by atoms with van der Waals surface area (Å²) in [4.78, 5) is 13.0. The highest BCUT2D eigenvalue weighted by Gasteiger charge is 2.44. The van der Waals surface area contributed by atoms with Crippen molar-refractivity contribution >= 4 is 5.91 Å². The average molecular weight is 768 g/mol. The first-order valence-corrected chi connectivity index (χ1v) is 21.8. The van der Waals surface area contributed by atoms with Gasteiger partial charge in [0, 0.05) is 0 Å². The number of unbranched alkanes of at least 4 members (excludes halogenated alkanes) is 20. The Morgan fingerprint density at radius 2 is 1.09 bits per heavy atom. The van der Waals surface area contributed by atoms with Crippen molar-refractivity contribution in [3.63, 3.8) is 0 Å². The Morgan fingerprint density at radius 1 is 0.630 bits per heavy atom. The number of ether oxygens (including phenoxy) is 2. The maximum absolute atomic E-state index is 13.0. The van der Waals surface area contributed by atoms with Crippen molar-refractivity contribution in [2.24, 2.45) is 0 Å². The van der Waals surface area contributed by atoms with Gasteiger partial charge < -0.3 is 45.4 Å². The van der Waals surface area contributed by atoms with Crippen molar-refractivity contribution in [3.8, 4) is 0 Å². The lowest BCUT2D eigenvalue weighted by Crippen LogP contribution is -2.60. The van der Waals surface area contributed by atoms with Crippen molar-refractivity contribution in [1.29, 1.82) is 0 Å². The number of allylic oxidation sites excluding steroid dienone is 5. The maximum atomic E-state index is 13.0. The third kappa shape index (κ3) is 24.8. The quantitative estimate of drug-likeness (QED) is 0.0256. The smallest absolute Gasteiger partial charge is 0.249 e. The first kappa shape index (κ1) is 50.4. The third-order valence-corrected chi connectivity index (χ3v) is 10.3. The van der Waals surface area contributed by atoms with E-state index in [-0.39, 0.29) is 6.61 Å². The highest BCUT2D eigenvalue weighted by atomic mass is 16.7. The molecule has 1 heterocycles. The van der Waals surface area contributed by atoms with Gasteiger partial charge >= 0.3 is 0 Å². The van der Waals surface area contributed by atoms with E-state index in [2.05, 4.69) is 43.5 Å². The normalized spacial score (nSPS) is 22.4. The van der Waals surface area contributed by atoms with Crippen molar-refractivity contribution in [1.82, 2.24) is 5.32 Å². The molecule has 7 N–H and O–H groups in total. The van der Waals surface area contributed by atoms with Crippen LogP contribution in [0.15, 0.2) is 36.5 Å². The number of hydrogen-bond donors (Lipinski definition) is 7. The summed E-state index contributed by atoms with van der Waals surface area (Å²) >= 11 is 0. The van der Waals surface area contributed by atoms with Gasteiger partial charge in [-0.3, -0.25) is 4.79 Å². The van der Waals surface area contributed by atoms with E-state index in [1.165, 1.54) is 96.3 Å². The van der Waals surface area contributed by atoms with E-state index in [1.54, 1.807) is 6.08 Å². The lowest BCUT2D eigenvalue weighted by molar-refractivity contribution is -0.302. The SMILES string of the molecule is CCCCC/C=C/CC/C=C/CC/C=C/C(O)C(COC1OC(CO)C(O)C(O)C1O)NC(=O)C(O)CCCCCCCCCCCCCCCCCC. The Kier molecular flexibility index (Phi) is 32.3. The molecule has 8 unspecified atom stereocenters. The van der Waals surface area contributed by atoms with E-state index < -0.39 is 61.5 Å². The molecule has 1 rings (SSSR count). The zero-order valence-corrected chi connectivity index (χ0v) is 34.1. The monoisotopic (exact) mass is 768 g/mol. The fourth-order valence-electron chi connectivity index (χ4n) is 6.66. The first-order valence-electron chi connectivity index (χ1n) is 21.8. The minimum Gasteiger partial charge on any atom is -0.394 e. The van der Waals surface area contributed by atoms with Gasteiger partial charge in [0.05, 0.1) is 25.4 Å². The number of rotatable bonds is 35. The van der Waals surface area contributed by atoms with Crippen LogP contribution < -0.4 is 5.32 Å². The molecule has 0 aromatic carbocycles. The largest absolute Gasteiger partial charge is 0.394 e. The summed E-state index contributed by atoms with van der Waals surface area (Å²) in [5.74, 6) is -0.631. The summed E-state index contributed by atoms with van der Waals surface area (Å²) in [6.07, 6.45) is 30.9. The highest BCUT2D eigenvalue weighted by Crippen LogP contribution is 2.22. The van der Waals surface area contributed by atoms with E-state index in [9.17, 15) is 35.4 Å². The fourth-order valence-corrected chi connectivity index (χ4v) is 6.66. The van der Waals surface area contributed by atoms with Gasteiger partial charge in [-0.05, 0) is 44.9 Å². The van der Waals surface area contributed by atoms with Gasteiger partial charge in [-0.1, -0.05) is 166 Å². The molecule has 0 aromatic rings. The van der Waals surface area contributed by atoms with Gasteiger partial charge in [0.2, 0.25) is 5.91 Å². The molecule has 0 aromatic heterocycles. The Bertz CT molecular complexity index is 958. The molecule has 0 bridgehead atoms. The van der Waals surface area contributed by atoms with Crippen LogP contribution in [0.25, 0.3) is 0 Å². The molecular formula is C44H81NO9. The molecule has 1 aliphatic heterocycles.